The molecule has 0 unspecified atom stereocenters. The van der Waals surface area contributed by atoms with Crippen LogP contribution in [0.15, 0.2) is 30.3 Å². The first-order valence-electron chi connectivity index (χ1n) is 6.95. The Hall–Kier alpha value is -1.68. The number of aryl methyl sites for hydroxylation is 1. The van der Waals surface area contributed by atoms with Gasteiger partial charge in [0.25, 0.3) is 0 Å². The Kier molecular flexibility index (Phi) is 4.90. The highest BCUT2D eigenvalue weighted by molar-refractivity contribution is 7.12. The van der Waals surface area contributed by atoms with Crippen LogP contribution in [0, 0.1) is 0 Å². The second-order valence-electron chi connectivity index (χ2n) is 5.03. The van der Waals surface area contributed by atoms with E-state index in [2.05, 4.69) is 24.4 Å². The minimum atomic E-state index is 0.147. The zero-order valence-corrected chi connectivity index (χ0v) is 13.1. The molecule has 3 nitrogen and oxygen atoms in total. The SMILES string of the molecule is CCc1ccc(CNc2cc(N)cc(OC(C)C)c2)s1. The molecule has 2 aromatic rings. The van der Waals surface area contributed by atoms with Gasteiger partial charge in [0.2, 0.25) is 0 Å². The number of thiophene rings is 1. The molecule has 0 aliphatic heterocycles. The Morgan fingerprint density at radius 2 is 1.95 bits per heavy atom. The normalized spacial score (nSPS) is 10.8. The van der Waals surface area contributed by atoms with Crippen molar-refractivity contribution in [3.05, 3.63) is 40.1 Å². The lowest BCUT2D eigenvalue weighted by atomic mass is 10.2. The van der Waals surface area contributed by atoms with Crippen LogP contribution in [0.2, 0.25) is 0 Å². The van der Waals surface area contributed by atoms with Gasteiger partial charge in [-0.3, -0.25) is 0 Å². The Balaban J connectivity index is 2.03. The number of benzene rings is 1. The van der Waals surface area contributed by atoms with Crippen molar-refractivity contribution in [1.29, 1.82) is 0 Å². The molecule has 0 aliphatic carbocycles. The smallest absolute Gasteiger partial charge is 0.123 e. The van der Waals surface area contributed by atoms with Gasteiger partial charge in [0.1, 0.15) is 5.75 Å². The fourth-order valence-electron chi connectivity index (χ4n) is 1.96. The molecule has 1 heterocycles. The summed E-state index contributed by atoms with van der Waals surface area (Å²) in [7, 11) is 0. The molecule has 0 fully saturated rings. The molecule has 0 amide bonds. The predicted octanol–water partition coefficient (Wildman–Crippen LogP) is 4.29. The highest BCUT2D eigenvalue weighted by atomic mass is 32.1. The molecule has 0 saturated heterocycles. The summed E-state index contributed by atoms with van der Waals surface area (Å²) in [4.78, 5) is 2.74. The molecule has 0 saturated carbocycles. The molecule has 4 heteroatoms. The number of rotatable bonds is 6. The number of nitrogens with two attached hydrogens (primary N) is 1. The van der Waals surface area contributed by atoms with Gasteiger partial charge in [0.05, 0.1) is 6.10 Å². The van der Waals surface area contributed by atoms with Crippen molar-refractivity contribution in [3.63, 3.8) is 0 Å². The van der Waals surface area contributed by atoms with Crippen molar-refractivity contribution in [2.75, 3.05) is 11.1 Å². The van der Waals surface area contributed by atoms with Crippen molar-refractivity contribution in [2.45, 2.75) is 39.8 Å². The molecule has 2 rings (SSSR count). The molecule has 0 bridgehead atoms. The Bertz CT molecular complexity index is 563. The summed E-state index contributed by atoms with van der Waals surface area (Å²) in [6.07, 6.45) is 1.24. The fraction of sp³-hybridized carbons (Fsp3) is 0.375. The zero-order chi connectivity index (χ0) is 14.5. The fourth-order valence-corrected chi connectivity index (χ4v) is 2.86. The summed E-state index contributed by atoms with van der Waals surface area (Å²) < 4.78 is 5.69. The second-order valence-corrected chi connectivity index (χ2v) is 6.29. The van der Waals surface area contributed by atoms with Crippen LogP contribution in [0.1, 0.15) is 30.5 Å². The average molecular weight is 290 g/mol. The monoisotopic (exact) mass is 290 g/mol. The molecule has 0 atom stereocenters. The summed E-state index contributed by atoms with van der Waals surface area (Å²) in [5, 5.41) is 3.40. The summed E-state index contributed by atoms with van der Waals surface area (Å²) in [6.45, 7) is 7.01. The lowest BCUT2D eigenvalue weighted by molar-refractivity contribution is 0.242. The van der Waals surface area contributed by atoms with Crippen molar-refractivity contribution in [1.82, 2.24) is 0 Å². The van der Waals surface area contributed by atoms with Crippen LogP contribution in [0.3, 0.4) is 0 Å². The van der Waals surface area contributed by atoms with Gasteiger partial charge in [-0.05, 0) is 38.5 Å². The van der Waals surface area contributed by atoms with E-state index in [9.17, 15) is 0 Å². The minimum absolute atomic E-state index is 0.147. The topological polar surface area (TPSA) is 47.3 Å². The Morgan fingerprint density at radius 1 is 1.20 bits per heavy atom. The van der Waals surface area contributed by atoms with Crippen LogP contribution >= 0.6 is 11.3 Å². The first-order chi connectivity index (χ1) is 9.56. The molecule has 108 valence electrons. The third kappa shape index (κ3) is 4.17. The van der Waals surface area contributed by atoms with Gasteiger partial charge in [-0.15, -0.1) is 11.3 Å². The van der Waals surface area contributed by atoms with E-state index in [0.29, 0.717) is 5.69 Å². The number of anilines is 2. The van der Waals surface area contributed by atoms with Gasteiger partial charge in [-0.1, -0.05) is 6.92 Å². The van der Waals surface area contributed by atoms with Crippen molar-refractivity contribution >= 4 is 22.7 Å². The molecule has 0 spiro atoms. The molecule has 3 N–H and O–H groups in total. The van der Waals surface area contributed by atoms with E-state index in [-0.39, 0.29) is 6.10 Å². The summed E-state index contributed by atoms with van der Waals surface area (Å²) in [6, 6.07) is 10.1. The van der Waals surface area contributed by atoms with Crippen LogP contribution in [0.4, 0.5) is 11.4 Å². The van der Waals surface area contributed by atoms with Crippen LogP contribution in [-0.4, -0.2) is 6.10 Å². The van der Waals surface area contributed by atoms with E-state index in [1.54, 1.807) is 0 Å². The minimum Gasteiger partial charge on any atom is -0.491 e. The number of hydrogen-bond acceptors (Lipinski definition) is 4. The average Bonchev–Trinajstić information content (AvgIpc) is 2.83. The summed E-state index contributed by atoms with van der Waals surface area (Å²) in [5.74, 6) is 0.808. The maximum absolute atomic E-state index is 5.91. The second kappa shape index (κ2) is 6.66. The maximum atomic E-state index is 5.91. The Morgan fingerprint density at radius 3 is 2.60 bits per heavy atom. The molecule has 20 heavy (non-hydrogen) atoms. The predicted molar refractivity (Wildman–Crippen MR) is 87.6 cm³/mol. The summed E-state index contributed by atoms with van der Waals surface area (Å²) in [5.41, 5.74) is 7.62. The van der Waals surface area contributed by atoms with Crippen molar-refractivity contribution in [3.8, 4) is 5.75 Å². The van der Waals surface area contributed by atoms with E-state index in [1.165, 1.54) is 9.75 Å². The van der Waals surface area contributed by atoms with Crippen LogP contribution in [0.5, 0.6) is 5.75 Å². The molecular formula is C16H22N2OS. The quantitative estimate of drug-likeness (QED) is 0.780. The third-order valence-electron chi connectivity index (χ3n) is 2.83. The van der Waals surface area contributed by atoms with E-state index in [0.717, 1.165) is 24.4 Å². The maximum Gasteiger partial charge on any atom is 0.123 e. The van der Waals surface area contributed by atoms with E-state index >= 15 is 0 Å². The van der Waals surface area contributed by atoms with E-state index in [1.807, 2.05) is 43.4 Å². The Labute approximate surface area is 124 Å². The third-order valence-corrected chi connectivity index (χ3v) is 4.06. The number of hydrogen-bond donors (Lipinski definition) is 2. The van der Waals surface area contributed by atoms with Crippen molar-refractivity contribution < 1.29 is 4.74 Å². The van der Waals surface area contributed by atoms with Gasteiger partial charge < -0.3 is 15.8 Å². The summed E-state index contributed by atoms with van der Waals surface area (Å²) >= 11 is 1.85. The molecule has 0 radical (unpaired) electrons. The lowest BCUT2D eigenvalue weighted by Crippen LogP contribution is -2.06. The lowest BCUT2D eigenvalue weighted by Gasteiger charge is -2.13. The van der Waals surface area contributed by atoms with Crippen molar-refractivity contribution in [2.24, 2.45) is 0 Å². The largest absolute Gasteiger partial charge is 0.491 e. The van der Waals surface area contributed by atoms with Gasteiger partial charge in [-0.25, -0.2) is 0 Å². The first-order valence-corrected chi connectivity index (χ1v) is 7.77. The van der Waals surface area contributed by atoms with Gasteiger partial charge >= 0.3 is 0 Å². The van der Waals surface area contributed by atoms with Crippen LogP contribution < -0.4 is 15.8 Å². The standard InChI is InChI=1S/C16H22N2OS/c1-4-15-5-6-16(20-15)10-18-13-7-12(17)8-14(9-13)19-11(2)3/h5-9,11,18H,4,10,17H2,1-3H3. The number of nitrogen functional groups attached to an aromatic ring is 1. The zero-order valence-electron chi connectivity index (χ0n) is 12.3. The van der Waals surface area contributed by atoms with Gasteiger partial charge in [0, 0.05) is 39.8 Å². The van der Waals surface area contributed by atoms with E-state index < -0.39 is 0 Å². The molecular weight excluding hydrogens is 268 g/mol. The van der Waals surface area contributed by atoms with Gasteiger partial charge in [0.15, 0.2) is 0 Å². The number of ether oxygens (including phenoxy) is 1. The number of nitrogens with one attached hydrogen (secondary N) is 1. The molecule has 0 aliphatic rings. The first kappa shape index (κ1) is 14.7. The highest BCUT2D eigenvalue weighted by Crippen LogP contribution is 2.25. The van der Waals surface area contributed by atoms with E-state index in [4.69, 9.17) is 10.5 Å². The molecule has 1 aromatic heterocycles. The van der Waals surface area contributed by atoms with Crippen LogP contribution in [-0.2, 0) is 13.0 Å². The van der Waals surface area contributed by atoms with Crippen LogP contribution in [0.25, 0.3) is 0 Å². The van der Waals surface area contributed by atoms with Gasteiger partial charge in [-0.2, -0.15) is 0 Å². The molecule has 1 aromatic carbocycles. The highest BCUT2D eigenvalue weighted by Gasteiger charge is 2.03.